The number of rotatable bonds is 2. The van der Waals surface area contributed by atoms with Gasteiger partial charge in [-0.05, 0) is 0 Å². The predicted molar refractivity (Wildman–Crippen MR) is 29.1 cm³/mol. The number of hydrogen-bond donors (Lipinski definition) is 0. The second-order valence-electron chi connectivity index (χ2n) is 1.23. The molecular weight excluding hydrogens is 186 g/mol. The Labute approximate surface area is 47.2 Å². The Morgan fingerprint density at radius 1 is 1.50 bits per heavy atom. The third kappa shape index (κ3) is 4.78. The van der Waals surface area contributed by atoms with Crippen LogP contribution in [0.3, 0.4) is 0 Å². The summed E-state index contributed by atoms with van der Waals surface area (Å²) in [5.41, 5.74) is 0. The van der Waals surface area contributed by atoms with Crippen LogP contribution in [0.15, 0.2) is 0 Å². The first kappa shape index (κ1) is 6.78. The summed E-state index contributed by atoms with van der Waals surface area (Å²) in [5.74, 6) is 0. The van der Waals surface area contributed by atoms with Crippen molar-refractivity contribution in [1.82, 2.24) is 0 Å². The van der Waals surface area contributed by atoms with Crippen LogP contribution in [0.1, 0.15) is 6.92 Å². The van der Waals surface area contributed by atoms with Gasteiger partial charge in [-0.2, -0.15) is 0 Å². The normalized spacial score (nSPS) is 10.0. The zero-order chi connectivity index (χ0) is 4.99. The van der Waals surface area contributed by atoms with Crippen LogP contribution in [0.5, 0.6) is 0 Å². The predicted octanol–water partition coefficient (Wildman–Crippen LogP) is 1.27. The molecule has 0 aromatic rings. The summed E-state index contributed by atoms with van der Waals surface area (Å²) in [7, 11) is 0. The van der Waals surface area contributed by atoms with Gasteiger partial charge in [0.2, 0.25) is 0 Å². The van der Waals surface area contributed by atoms with E-state index in [-0.39, 0.29) is 0 Å². The maximum absolute atomic E-state index is 5.22. The zero-order valence-electron chi connectivity index (χ0n) is 4.56. The summed E-state index contributed by atoms with van der Waals surface area (Å²) in [6.07, 6.45) is 0. The number of hydrogen-bond acceptors (Lipinski definition) is 1. The van der Waals surface area contributed by atoms with E-state index in [0.717, 1.165) is 6.61 Å². The fraction of sp³-hybridized carbons (Fsp3) is 1.00. The molecule has 0 radical (unpaired) electrons. The van der Waals surface area contributed by atoms with Gasteiger partial charge in [0, 0.05) is 0 Å². The molecule has 2 heteroatoms. The van der Waals surface area contributed by atoms with Gasteiger partial charge in [-0.3, -0.25) is 0 Å². The minimum atomic E-state index is -1.01. The van der Waals surface area contributed by atoms with Crippen molar-refractivity contribution in [2.45, 2.75) is 16.7 Å². The molecule has 1 nitrogen and oxygen atoms in total. The van der Waals surface area contributed by atoms with Crippen LogP contribution in [0, 0.1) is 0 Å². The van der Waals surface area contributed by atoms with Crippen LogP contribution in [0.25, 0.3) is 0 Å². The Bertz CT molecular complexity index is 28.7. The van der Waals surface area contributed by atoms with E-state index in [1.807, 2.05) is 6.92 Å². The third-order valence-corrected chi connectivity index (χ3v) is 2.60. The van der Waals surface area contributed by atoms with E-state index in [1.54, 1.807) is 0 Å². The fourth-order valence-corrected chi connectivity index (χ4v) is 1.73. The van der Waals surface area contributed by atoms with E-state index in [9.17, 15) is 0 Å². The fourth-order valence-electron chi connectivity index (χ4n) is 0.258. The molecule has 0 rings (SSSR count). The molecule has 0 fully saturated rings. The molecule has 0 heterocycles. The van der Waals surface area contributed by atoms with Crippen molar-refractivity contribution in [2.75, 3.05) is 6.61 Å². The maximum atomic E-state index is 5.22. The quantitative estimate of drug-likeness (QED) is 0.605. The molecule has 0 unspecified atom stereocenters. The van der Waals surface area contributed by atoms with Gasteiger partial charge in [0.15, 0.2) is 0 Å². The molecule has 6 heavy (non-hydrogen) atoms. The Morgan fingerprint density at radius 3 is 2.00 bits per heavy atom. The molecule has 0 bridgehead atoms. The summed E-state index contributed by atoms with van der Waals surface area (Å²) in [6.45, 7) is 2.96. The van der Waals surface area contributed by atoms with Gasteiger partial charge < -0.3 is 0 Å². The summed E-state index contributed by atoms with van der Waals surface area (Å²) < 4.78 is 5.22. The van der Waals surface area contributed by atoms with Crippen molar-refractivity contribution in [3.8, 4) is 0 Å². The molecule has 0 saturated heterocycles. The van der Waals surface area contributed by atoms with Gasteiger partial charge in [0.1, 0.15) is 0 Å². The van der Waals surface area contributed by atoms with Crippen LogP contribution in [-0.2, 0) is 3.02 Å². The van der Waals surface area contributed by atoms with E-state index in [1.165, 1.54) is 0 Å². The summed E-state index contributed by atoms with van der Waals surface area (Å²) >= 11 is -1.01. The molecule has 0 aliphatic carbocycles. The molecule has 0 saturated carbocycles. The zero-order valence-corrected chi connectivity index (χ0v) is 7.12. The van der Waals surface area contributed by atoms with E-state index in [0.29, 0.717) is 0 Å². The van der Waals surface area contributed by atoms with Gasteiger partial charge in [0.05, 0.1) is 0 Å². The first-order chi connectivity index (χ1) is 2.77. The van der Waals surface area contributed by atoms with Crippen LogP contribution < -0.4 is 0 Å². The van der Waals surface area contributed by atoms with E-state index in [4.69, 9.17) is 3.02 Å². The molecule has 38 valence electrons. The topological polar surface area (TPSA) is 9.23 Å². The van der Waals surface area contributed by atoms with E-state index >= 15 is 0 Å². The summed E-state index contributed by atoms with van der Waals surface area (Å²) in [6, 6.07) is 0. The summed E-state index contributed by atoms with van der Waals surface area (Å²) in [4.78, 5) is 4.43. The van der Waals surface area contributed by atoms with Gasteiger partial charge >= 0.3 is 46.9 Å². The van der Waals surface area contributed by atoms with Gasteiger partial charge in [0.25, 0.3) is 0 Å². The second-order valence-corrected chi connectivity index (χ2v) is 6.60. The van der Waals surface area contributed by atoms with Crippen LogP contribution in [0.2, 0.25) is 9.74 Å². The minimum absolute atomic E-state index is 0.912. The van der Waals surface area contributed by atoms with Crippen LogP contribution >= 0.6 is 0 Å². The summed E-state index contributed by atoms with van der Waals surface area (Å²) in [5, 5.41) is 0. The SMILES string of the molecule is CC[O][Sb]([CH3])[CH3]. The molecule has 0 amide bonds. The second kappa shape index (κ2) is 3.95. The molecular formula is C4H11OSb. The Morgan fingerprint density at radius 2 is 2.00 bits per heavy atom. The van der Waals surface area contributed by atoms with E-state index in [2.05, 4.69) is 9.74 Å². The van der Waals surface area contributed by atoms with Crippen molar-refractivity contribution < 1.29 is 3.02 Å². The van der Waals surface area contributed by atoms with Crippen LogP contribution in [-0.4, -0.2) is 27.2 Å². The molecule has 0 aromatic heterocycles. The van der Waals surface area contributed by atoms with Gasteiger partial charge in [-0.25, -0.2) is 0 Å². The Hall–Kier alpha value is 0.778. The average molecular weight is 197 g/mol. The standard InChI is InChI=1S/C2H5O.2CH3.Sb/c1-2-3;;;/h2H2,1H3;2*1H3;/q-1;;;+1. The molecule has 0 N–H and O–H groups in total. The molecule has 0 aliphatic heterocycles. The first-order valence-electron chi connectivity index (χ1n) is 2.07. The first-order valence-corrected chi connectivity index (χ1v) is 8.22. The molecule has 0 spiro atoms. The van der Waals surface area contributed by atoms with Gasteiger partial charge in [-0.1, -0.05) is 0 Å². The van der Waals surface area contributed by atoms with Gasteiger partial charge in [-0.15, -0.1) is 0 Å². The third-order valence-electron chi connectivity index (χ3n) is 0.387. The molecule has 0 aromatic carbocycles. The monoisotopic (exact) mass is 196 g/mol. The van der Waals surface area contributed by atoms with Crippen molar-refractivity contribution in [2.24, 2.45) is 0 Å². The van der Waals surface area contributed by atoms with Crippen molar-refractivity contribution >= 4 is 20.6 Å². The van der Waals surface area contributed by atoms with E-state index < -0.39 is 20.6 Å². The Balaban J connectivity index is 2.63. The van der Waals surface area contributed by atoms with Crippen molar-refractivity contribution in [3.05, 3.63) is 0 Å². The molecule has 0 aliphatic rings. The van der Waals surface area contributed by atoms with Crippen molar-refractivity contribution in [1.29, 1.82) is 0 Å². The van der Waals surface area contributed by atoms with Crippen molar-refractivity contribution in [3.63, 3.8) is 0 Å². The van der Waals surface area contributed by atoms with Crippen LogP contribution in [0.4, 0.5) is 0 Å². The average Bonchev–Trinajstić information content (AvgIpc) is 1.35. The Kier molecular flexibility index (Phi) is 4.46. The molecule has 0 atom stereocenters.